The van der Waals surface area contributed by atoms with Crippen molar-refractivity contribution in [2.24, 2.45) is 0 Å². The fourth-order valence-corrected chi connectivity index (χ4v) is 1.96. The molecule has 2 aromatic carbocycles. The predicted molar refractivity (Wildman–Crippen MR) is 85.4 cm³/mol. The van der Waals surface area contributed by atoms with Crippen LogP contribution in [0.5, 0.6) is 5.75 Å². The number of rotatable bonds is 6. The molecule has 0 unspecified atom stereocenters. The van der Waals surface area contributed by atoms with Gasteiger partial charge in [-0.1, -0.05) is 18.2 Å². The fraction of sp³-hybridized carbons (Fsp3) is 0.125. The summed E-state index contributed by atoms with van der Waals surface area (Å²) in [6.07, 6.45) is 0. The molecule has 0 aromatic heterocycles. The van der Waals surface area contributed by atoms with E-state index in [1.54, 1.807) is 12.1 Å². The molecule has 2 rings (SSSR count). The number of nitro groups is 1. The summed E-state index contributed by atoms with van der Waals surface area (Å²) in [6.45, 7) is 1.33. The first-order valence-corrected chi connectivity index (χ1v) is 6.88. The number of ether oxygens (including phenoxy) is 1. The number of aryl methyl sites for hydroxylation is 1. The molecule has 0 saturated heterocycles. The number of amides is 1. The molecule has 0 radical (unpaired) electrons. The van der Waals surface area contributed by atoms with Crippen molar-refractivity contribution in [1.82, 2.24) is 0 Å². The minimum atomic E-state index is -1.25. The highest BCUT2D eigenvalue weighted by atomic mass is 16.6. The highest BCUT2D eigenvalue weighted by Crippen LogP contribution is 2.28. The number of carbonyl (C=O) groups is 2. The second-order valence-electron chi connectivity index (χ2n) is 4.90. The van der Waals surface area contributed by atoms with Gasteiger partial charge in [-0.2, -0.15) is 0 Å². The Bertz CT molecular complexity index is 803. The van der Waals surface area contributed by atoms with Gasteiger partial charge in [-0.3, -0.25) is 14.9 Å². The van der Waals surface area contributed by atoms with Gasteiger partial charge in [0, 0.05) is 17.8 Å². The first-order valence-electron chi connectivity index (χ1n) is 6.88. The first-order chi connectivity index (χ1) is 11.4. The number of carbonyl (C=O) groups excluding carboxylic acids is 1. The smallest absolute Gasteiger partial charge is 0.335 e. The summed E-state index contributed by atoms with van der Waals surface area (Å²) in [5.41, 5.74) is 0.864. The maximum absolute atomic E-state index is 11.9. The van der Waals surface area contributed by atoms with E-state index in [0.717, 1.165) is 23.8 Å². The molecule has 0 saturated carbocycles. The third-order valence-corrected chi connectivity index (χ3v) is 3.18. The molecule has 0 bridgehead atoms. The standard InChI is InChI=1S/C16H14N2O6/c1-10-4-2-3-5-12(10)17-15(19)9-24-14-8-11(16(20)21)6-7-13(14)18(22)23/h2-8H,9H2,1H3,(H,17,19)(H,20,21). The van der Waals surface area contributed by atoms with E-state index in [1.165, 1.54) is 0 Å². The number of hydrogen-bond acceptors (Lipinski definition) is 5. The lowest BCUT2D eigenvalue weighted by molar-refractivity contribution is -0.385. The number of carboxylic acid groups (broad SMARTS) is 1. The Morgan fingerprint density at radius 1 is 1.25 bits per heavy atom. The van der Waals surface area contributed by atoms with Gasteiger partial charge < -0.3 is 15.2 Å². The van der Waals surface area contributed by atoms with Crippen LogP contribution in [0, 0.1) is 17.0 Å². The van der Waals surface area contributed by atoms with Crippen molar-refractivity contribution in [2.75, 3.05) is 11.9 Å². The third-order valence-electron chi connectivity index (χ3n) is 3.18. The molecular weight excluding hydrogens is 316 g/mol. The molecule has 0 fully saturated rings. The average molecular weight is 330 g/mol. The zero-order chi connectivity index (χ0) is 17.7. The quantitative estimate of drug-likeness (QED) is 0.621. The highest BCUT2D eigenvalue weighted by Gasteiger charge is 2.19. The first kappa shape index (κ1) is 16.9. The lowest BCUT2D eigenvalue weighted by Gasteiger charge is -2.10. The van der Waals surface area contributed by atoms with Crippen molar-refractivity contribution in [3.63, 3.8) is 0 Å². The Balaban J connectivity index is 2.11. The normalized spacial score (nSPS) is 10.0. The number of anilines is 1. The summed E-state index contributed by atoms with van der Waals surface area (Å²) < 4.78 is 5.15. The highest BCUT2D eigenvalue weighted by molar-refractivity contribution is 5.93. The maximum atomic E-state index is 11.9. The van der Waals surface area contributed by atoms with Crippen molar-refractivity contribution >= 4 is 23.3 Å². The zero-order valence-corrected chi connectivity index (χ0v) is 12.7. The summed E-state index contributed by atoms with van der Waals surface area (Å²) in [5, 5.41) is 22.5. The van der Waals surface area contributed by atoms with Crippen molar-refractivity contribution in [2.45, 2.75) is 6.92 Å². The minimum Gasteiger partial charge on any atom is -0.478 e. The van der Waals surface area contributed by atoms with Crippen molar-refractivity contribution < 1.29 is 24.4 Å². The molecule has 8 heteroatoms. The second-order valence-corrected chi connectivity index (χ2v) is 4.90. The van der Waals surface area contributed by atoms with E-state index in [1.807, 2.05) is 19.1 Å². The number of para-hydroxylation sites is 1. The van der Waals surface area contributed by atoms with E-state index in [4.69, 9.17) is 9.84 Å². The molecule has 0 aliphatic carbocycles. The van der Waals surface area contributed by atoms with Crippen LogP contribution in [-0.4, -0.2) is 28.5 Å². The van der Waals surface area contributed by atoms with Crippen molar-refractivity contribution in [3.05, 3.63) is 63.7 Å². The Morgan fingerprint density at radius 3 is 2.58 bits per heavy atom. The van der Waals surface area contributed by atoms with Gasteiger partial charge in [0.15, 0.2) is 12.4 Å². The van der Waals surface area contributed by atoms with Gasteiger partial charge in [-0.25, -0.2) is 4.79 Å². The molecule has 2 N–H and O–H groups in total. The monoisotopic (exact) mass is 330 g/mol. The molecule has 1 amide bonds. The molecule has 0 atom stereocenters. The van der Waals surface area contributed by atoms with E-state index in [2.05, 4.69) is 5.32 Å². The van der Waals surface area contributed by atoms with Crippen LogP contribution in [-0.2, 0) is 4.79 Å². The number of carboxylic acids is 1. The minimum absolute atomic E-state index is 0.171. The van der Waals surface area contributed by atoms with Crippen molar-refractivity contribution in [1.29, 1.82) is 0 Å². The van der Waals surface area contributed by atoms with Gasteiger partial charge in [-0.15, -0.1) is 0 Å². The lowest BCUT2D eigenvalue weighted by Crippen LogP contribution is -2.21. The molecule has 2 aromatic rings. The number of nitrogens with one attached hydrogen (secondary N) is 1. The van der Waals surface area contributed by atoms with Crippen LogP contribution in [0.2, 0.25) is 0 Å². The molecular formula is C16H14N2O6. The molecule has 0 heterocycles. The van der Waals surface area contributed by atoms with Gasteiger partial charge >= 0.3 is 11.7 Å². The topological polar surface area (TPSA) is 119 Å². The van der Waals surface area contributed by atoms with Gasteiger partial charge in [0.25, 0.3) is 5.91 Å². The van der Waals surface area contributed by atoms with Crippen LogP contribution in [0.15, 0.2) is 42.5 Å². The number of aromatic carboxylic acids is 1. The van der Waals surface area contributed by atoms with Gasteiger partial charge in [-0.05, 0) is 24.6 Å². The summed E-state index contributed by atoms with van der Waals surface area (Å²) in [7, 11) is 0. The summed E-state index contributed by atoms with van der Waals surface area (Å²) in [4.78, 5) is 33.1. The van der Waals surface area contributed by atoms with E-state index >= 15 is 0 Å². The molecule has 124 valence electrons. The zero-order valence-electron chi connectivity index (χ0n) is 12.7. The summed E-state index contributed by atoms with van der Waals surface area (Å²) in [6, 6.07) is 10.2. The average Bonchev–Trinajstić information content (AvgIpc) is 2.54. The van der Waals surface area contributed by atoms with Crippen LogP contribution in [0.4, 0.5) is 11.4 Å². The van der Waals surface area contributed by atoms with E-state index in [-0.39, 0.29) is 11.3 Å². The van der Waals surface area contributed by atoms with E-state index < -0.39 is 29.1 Å². The van der Waals surface area contributed by atoms with Crippen LogP contribution in [0.25, 0.3) is 0 Å². The summed E-state index contributed by atoms with van der Waals surface area (Å²) >= 11 is 0. The van der Waals surface area contributed by atoms with Crippen LogP contribution >= 0.6 is 0 Å². The fourth-order valence-electron chi connectivity index (χ4n) is 1.96. The van der Waals surface area contributed by atoms with Crippen LogP contribution in [0.3, 0.4) is 0 Å². The molecule has 0 aliphatic rings. The third kappa shape index (κ3) is 4.07. The van der Waals surface area contributed by atoms with Crippen molar-refractivity contribution in [3.8, 4) is 5.75 Å². The van der Waals surface area contributed by atoms with Crippen LogP contribution in [0.1, 0.15) is 15.9 Å². The number of nitrogens with zero attached hydrogens (tertiary/aromatic N) is 1. The Kier molecular flexibility index (Phi) is 5.10. The lowest BCUT2D eigenvalue weighted by atomic mass is 10.2. The second kappa shape index (κ2) is 7.23. The van der Waals surface area contributed by atoms with Crippen LogP contribution < -0.4 is 10.1 Å². The predicted octanol–water partition coefficient (Wildman–Crippen LogP) is 2.62. The molecule has 24 heavy (non-hydrogen) atoms. The van der Waals surface area contributed by atoms with E-state index in [0.29, 0.717) is 5.69 Å². The largest absolute Gasteiger partial charge is 0.478 e. The molecule has 8 nitrogen and oxygen atoms in total. The Morgan fingerprint density at radius 2 is 1.96 bits per heavy atom. The SMILES string of the molecule is Cc1ccccc1NC(=O)COc1cc(C(=O)O)ccc1[N+](=O)[O-]. The number of benzene rings is 2. The molecule has 0 aliphatic heterocycles. The number of nitro benzene ring substituents is 1. The van der Waals surface area contributed by atoms with Gasteiger partial charge in [0.2, 0.25) is 0 Å². The summed E-state index contributed by atoms with van der Waals surface area (Å²) in [5.74, 6) is -2.04. The van der Waals surface area contributed by atoms with Gasteiger partial charge in [0.05, 0.1) is 10.5 Å². The number of hydrogen-bond donors (Lipinski definition) is 2. The van der Waals surface area contributed by atoms with Gasteiger partial charge in [0.1, 0.15) is 0 Å². The Labute approximate surface area is 136 Å². The molecule has 0 spiro atoms. The van der Waals surface area contributed by atoms with E-state index in [9.17, 15) is 19.7 Å². The Hall–Kier alpha value is -3.42. The maximum Gasteiger partial charge on any atom is 0.335 e.